The number of aliphatic hydroxyl groups excluding tert-OH is 1. The maximum atomic E-state index is 9.99. The van der Waals surface area contributed by atoms with E-state index in [1.54, 1.807) is 6.33 Å². The Labute approximate surface area is 113 Å². The molecule has 0 spiro atoms. The number of imidazole rings is 1. The lowest BCUT2D eigenvalue weighted by atomic mass is 10.2. The Kier molecular flexibility index (Phi) is 4.22. The van der Waals surface area contributed by atoms with E-state index in [0.29, 0.717) is 6.54 Å². The van der Waals surface area contributed by atoms with Crippen molar-refractivity contribution in [1.29, 1.82) is 0 Å². The number of aliphatic hydroxyl groups is 1. The molecule has 0 amide bonds. The van der Waals surface area contributed by atoms with E-state index in [9.17, 15) is 5.11 Å². The van der Waals surface area contributed by atoms with E-state index in [0.717, 1.165) is 22.7 Å². The smallest absolute Gasteiger partial charge is 0.119 e. The van der Waals surface area contributed by atoms with Crippen molar-refractivity contribution in [2.24, 2.45) is 0 Å². The number of benzene rings is 1. The molecule has 19 heavy (non-hydrogen) atoms. The van der Waals surface area contributed by atoms with E-state index < -0.39 is 6.10 Å². The van der Waals surface area contributed by atoms with Gasteiger partial charge in [-0.1, -0.05) is 12.1 Å². The number of aromatic nitrogens is 2. The predicted octanol–water partition coefficient (Wildman–Crippen LogP) is 2.25. The lowest BCUT2D eigenvalue weighted by Gasteiger charge is -2.14. The first-order chi connectivity index (χ1) is 9.06. The van der Waals surface area contributed by atoms with Crippen LogP contribution in [0.1, 0.15) is 17.0 Å². The molecular formula is C15H20N2O2. The van der Waals surface area contributed by atoms with Crippen molar-refractivity contribution >= 4 is 0 Å². The Hall–Kier alpha value is -1.81. The second-order valence-electron chi connectivity index (χ2n) is 4.85. The highest BCUT2D eigenvalue weighted by Gasteiger charge is 2.09. The summed E-state index contributed by atoms with van der Waals surface area (Å²) in [5.41, 5.74) is 3.22. The van der Waals surface area contributed by atoms with E-state index in [4.69, 9.17) is 4.74 Å². The van der Waals surface area contributed by atoms with Crippen LogP contribution in [0, 0.1) is 20.8 Å². The van der Waals surface area contributed by atoms with Gasteiger partial charge in [0.05, 0.1) is 18.6 Å². The molecule has 1 aromatic carbocycles. The predicted molar refractivity (Wildman–Crippen MR) is 74.4 cm³/mol. The van der Waals surface area contributed by atoms with Crippen molar-refractivity contribution in [1.82, 2.24) is 9.55 Å². The molecule has 2 rings (SSSR count). The van der Waals surface area contributed by atoms with Gasteiger partial charge in [0.25, 0.3) is 0 Å². The standard InChI is InChI=1S/C15H20N2O2/c1-11-5-4-6-15(7-11)19-9-14(18)8-17-10-16-12(2)13(17)3/h4-7,10,14,18H,8-9H2,1-3H3. The molecule has 0 saturated heterocycles. The molecule has 2 aromatic rings. The lowest BCUT2D eigenvalue weighted by Crippen LogP contribution is -2.23. The maximum absolute atomic E-state index is 9.99. The van der Waals surface area contributed by atoms with Gasteiger partial charge in [-0.3, -0.25) is 0 Å². The maximum Gasteiger partial charge on any atom is 0.119 e. The number of aryl methyl sites for hydroxylation is 2. The SMILES string of the molecule is Cc1cccc(OCC(O)Cn2cnc(C)c2C)c1. The van der Waals surface area contributed by atoms with Crippen LogP contribution >= 0.6 is 0 Å². The van der Waals surface area contributed by atoms with E-state index in [1.165, 1.54) is 0 Å². The minimum Gasteiger partial charge on any atom is -0.491 e. The molecule has 0 fully saturated rings. The average molecular weight is 260 g/mol. The molecule has 4 nitrogen and oxygen atoms in total. The minimum absolute atomic E-state index is 0.278. The number of ether oxygens (including phenoxy) is 1. The summed E-state index contributed by atoms with van der Waals surface area (Å²) in [4.78, 5) is 4.21. The van der Waals surface area contributed by atoms with Crippen LogP contribution in [0.25, 0.3) is 0 Å². The second kappa shape index (κ2) is 5.89. The Balaban J connectivity index is 1.88. The lowest BCUT2D eigenvalue weighted by molar-refractivity contribution is 0.0919. The number of hydrogen-bond donors (Lipinski definition) is 1. The monoisotopic (exact) mass is 260 g/mol. The Bertz CT molecular complexity index is 549. The van der Waals surface area contributed by atoms with Crippen molar-refractivity contribution in [2.75, 3.05) is 6.61 Å². The zero-order chi connectivity index (χ0) is 13.8. The highest BCUT2D eigenvalue weighted by molar-refractivity contribution is 5.27. The van der Waals surface area contributed by atoms with Crippen molar-refractivity contribution in [3.05, 3.63) is 47.5 Å². The number of nitrogens with zero attached hydrogens (tertiary/aromatic N) is 2. The van der Waals surface area contributed by atoms with Gasteiger partial charge in [0.2, 0.25) is 0 Å². The topological polar surface area (TPSA) is 47.3 Å². The highest BCUT2D eigenvalue weighted by atomic mass is 16.5. The van der Waals surface area contributed by atoms with Crippen LogP contribution in [0.2, 0.25) is 0 Å². The summed E-state index contributed by atoms with van der Waals surface area (Å²) in [6.07, 6.45) is 1.20. The molecule has 1 N–H and O–H groups in total. The molecule has 4 heteroatoms. The van der Waals surface area contributed by atoms with Gasteiger partial charge in [-0.2, -0.15) is 0 Å². The Morgan fingerprint density at radius 1 is 1.32 bits per heavy atom. The molecule has 1 unspecified atom stereocenters. The van der Waals surface area contributed by atoms with Gasteiger partial charge < -0.3 is 14.4 Å². The summed E-state index contributed by atoms with van der Waals surface area (Å²) in [5.74, 6) is 0.789. The van der Waals surface area contributed by atoms with Crippen LogP contribution in [0.15, 0.2) is 30.6 Å². The van der Waals surface area contributed by atoms with E-state index in [2.05, 4.69) is 4.98 Å². The van der Waals surface area contributed by atoms with E-state index in [1.807, 2.05) is 49.6 Å². The molecule has 1 heterocycles. The van der Waals surface area contributed by atoms with Crippen LogP contribution in [0.3, 0.4) is 0 Å². The van der Waals surface area contributed by atoms with Crippen LogP contribution in [-0.4, -0.2) is 27.4 Å². The largest absolute Gasteiger partial charge is 0.491 e. The first-order valence-corrected chi connectivity index (χ1v) is 6.42. The van der Waals surface area contributed by atoms with Gasteiger partial charge in [-0.05, 0) is 38.5 Å². The zero-order valence-electron chi connectivity index (χ0n) is 11.6. The number of rotatable bonds is 5. The van der Waals surface area contributed by atoms with E-state index >= 15 is 0 Å². The Morgan fingerprint density at radius 2 is 2.11 bits per heavy atom. The quantitative estimate of drug-likeness (QED) is 0.897. The zero-order valence-corrected chi connectivity index (χ0v) is 11.6. The molecular weight excluding hydrogens is 240 g/mol. The third-order valence-corrected chi connectivity index (χ3v) is 3.18. The molecule has 0 aliphatic rings. The highest BCUT2D eigenvalue weighted by Crippen LogP contribution is 2.13. The van der Waals surface area contributed by atoms with Gasteiger partial charge in [0.1, 0.15) is 18.5 Å². The van der Waals surface area contributed by atoms with Crippen molar-refractivity contribution in [3.63, 3.8) is 0 Å². The normalized spacial score (nSPS) is 12.4. The first kappa shape index (κ1) is 13.6. The summed E-state index contributed by atoms with van der Waals surface area (Å²) in [5, 5.41) is 9.99. The fourth-order valence-electron chi connectivity index (χ4n) is 1.91. The van der Waals surface area contributed by atoms with Gasteiger partial charge in [-0.15, -0.1) is 0 Å². The Morgan fingerprint density at radius 3 is 2.74 bits per heavy atom. The van der Waals surface area contributed by atoms with Gasteiger partial charge >= 0.3 is 0 Å². The molecule has 1 atom stereocenters. The fraction of sp³-hybridized carbons (Fsp3) is 0.400. The van der Waals surface area contributed by atoms with E-state index in [-0.39, 0.29) is 6.61 Å². The van der Waals surface area contributed by atoms with Crippen LogP contribution < -0.4 is 4.74 Å². The van der Waals surface area contributed by atoms with Crippen LogP contribution in [-0.2, 0) is 6.54 Å². The first-order valence-electron chi connectivity index (χ1n) is 6.42. The van der Waals surface area contributed by atoms with Crippen molar-refractivity contribution < 1.29 is 9.84 Å². The van der Waals surface area contributed by atoms with Crippen LogP contribution in [0.4, 0.5) is 0 Å². The molecule has 0 saturated carbocycles. The van der Waals surface area contributed by atoms with Gasteiger partial charge in [-0.25, -0.2) is 4.98 Å². The summed E-state index contributed by atoms with van der Waals surface area (Å²) in [6, 6.07) is 7.81. The summed E-state index contributed by atoms with van der Waals surface area (Å²) in [6.45, 7) is 6.75. The van der Waals surface area contributed by atoms with Gasteiger partial charge in [0, 0.05) is 5.69 Å². The third-order valence-electron chi connectivity index (χ3n) is 3.18. The third kappa shape index (κ3) is 3.58. The fourth-order valence-corrected chi connectivity index (χ4v) is 1.91. The average Bonchev–Trinajstić information content (AvgIpc) is 2.69. The summed E-state index contributed by atoms with van der Waals surface area (Å²) >= 11 is 0. The number of hydrogen-bond acceptors (Lipinski definition) is 3. The van der Waals surface area contributed by atoms with Gasteiger partial charge in [0.15, 0.2) is 0 Å². The van der Waals surface area contributed by atoms with Crippen molar-refractivity contribution in [2.45, 2.75) is 33.4 Å². The molecule has 102 valence electrons. The molecule has 0 aliphatic carbocycles. The molecule has 0 radical (unpaired) electrons. The summed E-state index contributed by atoms with van der Waals surface area (Å²) in [7, 11) is 0. The van der Waals surface area contributed by atoms with Crippen molar-refractivity contribution in [3.8, 4) is 5.75 Å². The molecule has 0 aliphatic heterocycles. The minimum atomic E-state index is -0.548. The second-order valence-corrected chi connectivity index (χ2v) is 4.85. The molecule has 1 aromatic heterocycles. The summed E-state index contributed by atoms with van der Waals surface area (Å²) < 4.78 is 7.53. The van der Waals surface area contributed by atoms with Crippen LogP contribution in [0.5, 0.6) is 5.75 Å². The molecule has 0 bridgehead atoms.